The van der Waals surface area contributed by atoms with Crippen molar-refractivity contribution < 1.29 is 0 Å². The van der Waals surface area contributed by atoms with Gasteiger partial charge in [0, 0.05) is 4.47 Å². The van der Waals surface area contributed by atoms with Crippen LogP contribution in [0.2, 0.25) is 5.02 Å². The summed E-state index contributed by atoms with van der Waals surface area (Å²) in [5.41, 5.74) is 9.46. The van der Waals surface area contributed by atoms with Crippen LogP contribution in [-0.4, -0.2) is 0 Å². The van der Waals surface area contributed by atoms with E-state index in [9.17, 15) is 0 Å². The maximum atomic E-state index is 6.10. The highest BCUT2D eigenvalue weighted by molar-refractivity contribution is 9.10. The molecule has 1 atom stereocenters. The lowest BCUT2D eigenvalue weighted by Gasteiger charge is -2.23. The van der Waals surface area contributed by atoms with Crippen molar-refractivity contribution >= 4 is 43.5 Å². The van der Waals surface area contributed by atoms with Crippen molar-refractivity contribution in [1.29, 1.82) is 0 Å². The smallest absolute Gasteiger partial charge is 0.0650 e. The van der Waals surface area contributed by atoms with E-state index in [-0.39, 0.29) is 4.83 Å². The molecule has 0 saturated carbocycles. The summed E-state index contributed by atoms with van der Waals surface area (Å²) < 4.78 is 0.932. The molecule has 0 bridgehead atoms. The molecule has 1 unspecified atom stereocenters. The molecule has 0 nitrogen and oxygen atoms in total. The van der Waals surface area contributed by atoms with E-state index in [4.69, 9.17) is 11.6 Å². The molecule has 0 fully saturated rings. The molecule has 0 aromatic heterocycles. The van der Waals surface area contributed by atoms with Gasteiger partial charge in [-0.05, 0) is 102 Å². The Morgan fingerprint density at radius 2 is 1.33 bits per heavy atom. The monoisotopic (exact) mass is 428 g/mol. The lowest BCUT2D eigenvalue weighted by Crippen LogP contribution is -2.05. The quantitative estimate of drug-likeness (QED) is 0.445. The first-order valence-electron chi connectivity index (χ1n) is 6.91. The fourth-order valence-electron chi connectivity index (χ4n) is 2.75. The van der Waals surface area contributed by atoms with Gasteiger partial charge in [-0.1, -0.05) is 33.6 Å². The average Bonchev–Trinajstić information content (AvgIpc) is 2.46. The van der Waals surface area contributed by atoms with Crippen molar-refractivity contribution in [3.63, 3.8) is 0 Å². The van der Waals surface area contributed by atoms with Crippen molar-refractivity contribution in [3.8, 4) is 0 Å². The molecule has 0 aliphatic rings. The summed E-state index contributed by atoms with van der Waals surface area (Å²) in [6.45, 7) is 11.0. The van der Waals surface area contributed by atoms with Crippen LogP contribution in [0.15, 0.2) is 22.7 Å². The largest absolute Gasteiger partial charge is 0.0831 e. The van der Waals surface area contributed by atoms with Gasteiger partial charge in [-0.2, -0.15) is 0 Å². The molecule has 0 radical (unpaired) electrons. The summed E-state index contributed by atoms with van der Waals surface area (Å²) in [6.07, 6.45) is 0. The Kier molecular flexibility index (Phi) is 5.23. The average molecular weight is 431 g/mol. The lowest BCUT2D eigenvalue weighted by atomic mass is 9.87. The Morgan fingerprint density at radius 3 is 1.81 bits per heavy atom. The zero-order chi connectivity index (χ0) is 15.9. The topological polar surface area (TPSA) is 0 Å². The van der Waals surface area contributed by atoms with Crippen LogP contribution < -0.4 is 0 Å². The Bertz CT molecular complexity index is 676. The first-order valence-corrected chi connectivity index (χ1v) is 9.00. The second-order valence-corrected chi connectivity index (χ2v) is 7.75. The molecular weight excluding hydrogens is 411 g/mol. The predicted molar refractivity (Wildman–Crippen MR) is 100 cm³/mol. The number of benzene rings is 2. The molecule has 112 valence electrons. The summed E-state index contributed by atoms with van der Waals surface area (Å²) in [5.74, 6) is 0. The first-order chi connectivity index (χ1) is 9.75. The van der Waals surface area contributed by atoms with Crippen molar-refractivity contribution in [3.05, 3.63) is 66.6 Å². The normalized spacial score (nSPS) is 12.6. The maximum absolute atomic E-state index is 6.10. The molecule has 21 heavy (non-hydrogen) atoms. The van der Waals surface area contributed by atoms with Crippen LogP contribution in [0.5, 0.6) is 0 Å². The second-order valence-electron chi connectivity index (χ2n) is 5.57. The summed E-state index contributed by atoms with van der Waals surface area (Å²) in [5, 5.41) is 0.739. The van der Waals surface area contributed by atoms with Gasteiger partial charge in [0.25, 0.3) is 0 Å². The van der Waals surface area contributed by atoms with E-state index in [2.05, 4.69) is 78.6 Å². The van der Waals surface area contributed by atoms with E-state index in [1.165, 1.54) is 38.9 Å². The highest BCUT2D eigenvalue weighted by atomic mass is 79.9. The SMILES string of the molecule is Cc1c(C)c(C)c(C(Br)c2ccc(Cl)c(Br)c2)c(C)c1C. The first kappa shape index (κ1) is 17.1. The van der Waals surface area contributed by atoms with Crippen LogP contribution in [-0.2, 0) is 0 Å². The molecule has 2 aromatic carbocycles. The van der Waals surface area contributed by atoms with Crippen LogP contribution in [0.25, 0.3) is 0 Å². The van der Waals surface area contributed by atoms with E-state index in [0.717, 1.165) is 9.50 Å². The van der Waals surface area contributed by atoms with Crippen molar-refractivity contribution in [2.75, 3.05) is 0 Å². The fourth-order valence-corrected chi connectivity index (χ4v) is 4.23. The number of alkyl halides is 1. The number of hydrogen-bond donors (Lipinski definition) is 0. The van der Waals surface area contributed by atoms with Gasteiger partial charge >= 0.3 is 0 Å². The second kappa shape index (κ2) is 6.44. The third kappa shape index (κ3) is 3.09. The zero-order valence-corrected chi connectivity index (χ0v) is 16.9. The molecule has 0 N–H and O–H groups in total. The third-order valence-corrected chi connectivity index (χ3v) is 6.75. The van der Waals surface area contributed by atoms with Crippen molar-refractivity contribution in [2.24, 2.45) is 0 Å². The molecule has 0 aliphatic heterocycles. The van der Waals surface area contributed by atoms with Crippen LogP contribution in [0, 0.1) is 34.6 Å². The van der Waals surface area contributed by atoms with Crippen LogP contribution >= 0.6 is 43.5 Å². The minimum atomic E-state index is 0.170. The highest BCUT2D eigenvalue weighted by Gasteiger charge is 2.20. The Morgan fingerprint density at radius 1 is 0.857 bits per heavy atom. The molecule has 2 rings (SSSR count). The molecule has 0 amide bonds. The third-order valence-electron chi connectivity index (χ3n) is 4.55. The van der Waals surface area contributed by atoms with E-state index >= 15 is 0 Å². The number of rotatable bonds is 2. The van der Waals surface area contributed by atoms with Gasteiger partial charge in [-0.3, -0.25) is 0 Å². The Balaban J connectivity index is 2.63. The molecular formula is C18H19Br2Cl. The maximum Gasteiger partial charge on any atom is 0.0650 e. The van der Waals surface area contributed by atoms with Gasteiger partial charge in [-0.25, -0.2) is 0 Å². The van der Waals surface area contributed by atoms with E-state index in [1.807, 2.05) is 6.07 Å². The van der Waals surface area contributed by atoms with Crippen molar-refractivity contribution in [2.45, 2.75) is 39.4 Å². The van der Waals surface area contributed by atoms with Gasteiger partial charge < -0.3 is 0 Å². The molecule has 2 aromatic rings. The zero-order valence-electron chi connectivity index (χ0n) is 12.9. The number of halogens is 3. The van der Waals surface area contributed by atoms with E-state index < -0.39 is 0 Å². The molecule has 0 aliphatic carbocycles. The van der Waals surface area contributed by atoms with Gasteiger partial charge in [0.15, 0.2) is 0 Å². The standard InChI is InChI=1S/C18H19Br2Cl/c1-9-10(2)12(4)17(13(5)11(9)3)18(20)14-6-7-16(21)15(19)8-14/h6-8,18H,1-5H3. The lowest BCUT2D eigenvalue weighted by molar-refractivity contribution is 1.05. The molecule has 0 saturated heterocycles. The van der Waals surface area contributed by atoms with E-state index in [0.29, 0.717) is 0 Å². The minimum absolute atomic E-state index is 0.170. The summed E-state index contributed by atoms with van der Waals surface area (Å²) >= 11 is 13.5. The van der Waals surface area contributed by atoms with Crippen LogP contribution in [0.1, 0.15) is 43.8 Å². The summed E-state index contributed by atoms with van der Waals surface area (Å²) in [4.78, 5) is 0.170. The van der Waals surface area contributed by atoms with Gasteiger partial charge in [0.05, 0.1) is 9.85 Å². The van der Waals surface area contributed by atoms with Gasteiger partial charge in [0.1, 0.15) is 0 Å². The Labute approximate surface area is 149 Å². The molecule has 3 heteroatoms. The fraction of sp³-hybridized carbons (Fsp3) is 0.333. The molecule has 0 heterocycles. The van der Waals surface area contributed by atoms with Crippen LogP contribution in [0.3, 0.4) is 0 Å². The summed E-state index contributed by atoms with van der Waals surface area (Å²) in [6, 6.07) is 6.11. The van der Waals surface area contributed by atoms with Gasteiger partial charge in [-0.15, -0.1) is 0 Å². The summed E-state index contributed by atoms with van der Waals surface area (Å²) in [7, 11) is 0. The number of hydrogen-bond acceptors (Lipinski definition) is 0. The van der Waals surface area contributed by atoms with Crippen LogP contribution in [0.4, 0.5) is 0 Å². The van der Waals surface area contributed by atoms with Gasteiger partial charge in [0.2, 0.25) is 0 Å². The van der Waals surface area contributed by atoms with Crippen molar-refractivity contribution in [1.82, 2.24) is 0 Å². The highest BCUT2D eigenvalue weighted by Crippen LogP contribution is 2.40. The predicted octanol–water partition coefficient (Wildman–Crippen LogP) is 7.13. The van der Waals surface area contributed by atoms with E-state index in [1.54, 1.807) is 0 Å². The minimum Gasteiger partial charge on any atom is -0.0831 e. The molecule has 0 spiro atoms. The Hall–Kier alpha value is -0.310.